The normalized spacial score (nSPS) is 10.4. The quantitative estimate of drug-likeness (QED) is 0.454. The Balaban J connectivity index is 1.85. The lowest BCUT2D eigenvalue weighted by molar-refractivity contribution is 0.0948. The molecule has 0 unspecified atom stereocenters. The van der Waals surface area contributed by atoms with Crippen LogP contribution in [-0.4, -0.2) is 27.5 Å². The maximum absolute atomic E-state index is 14.4. The van der Waals surface area contributed by atoms with Crippen molar-refractivity contribution in [3.63, 3.8) is 0 Å². The van der Waals surface area contributed by atoms with Gasteiger partial charge >= 0.3 is 0 Å². The molecular weight excluding hydrogens is 411 g/mol. The molecule has 0 fully saturated rings. The van der Waals surface area contributed by atoms with Crippen LogP contribution in [0.1, 0.15) is 28.4 Å². The molecule has 1 heterocycles. The van der Waals surface area contributed by atoms with Gasteiger partial charge < -0.3 is 10.4 Å². The van der Waals surface area contributed by atoms with Crippen molar-refractivity contribution in [3.8, 4) is 17.6 Å². The summed E-state index contributed by atoms with van der Waals surface area (Å²) in [5.74, 6) is 5.97. The van der Waals surface area contributed by atoms with Gasteiger partial charge in [-0.05, 0) is 35.6 Å². The van der Waals surface area contributed by atoms with E-state index in [1.165, 1.54) is 12.3 Å². The highest BCUT2D eigenvalue weighted by atomic mass is 35.5. The van der Waals surface area contributed by atoms with Crippen LogP contribution in [0.4, 0.5) is 4.39 Å². The Morgan fingerprint density at radius 2 is 2.07 bits per heavy atom. The molecule has 4 nitrogen and oxygen atoms in total. The molecule has 3 rings (SSSR count). The van der Waals surface area contributed by atoms with Crippen LogP contribution >= 0.6 is 23.4 Å². The molecule has 1 amide bonds. The molecule has 3 aromatic rings. The Morgan fingerprint density at radius 1 is 1.31 bits per heavy atom. The van der Waals surface area contributed by atoms with Gasteiger partial charge in [0.15, 0.2) is 5.82 Å². The molecule has 148 valence electrons. The molecule has 0 aliphatic rings. The van der Waals surface area contributed by atoms with Crippen molar-refractivity contribution in [2.24, 2.45) is 0 Å². The summed E-state index contributed by atoms with van der Waals surface area (Å²) < 4.78 is 14.4. The van der Waals surface area contributed by atoms with E-state index < -0.39 is 11.7 Å². The van der Waals surface area contributed by atoms with E-state index in [1.807, 2.05) is 6.92 Å². The van der Waals surface area contributed by atoms with Gasteiger partial charge in [0.2, 0.25) is 0 Å². The van der Waals surface area contributed by atoms with E-state index in [4.69, 9.17) is 11.6 Å². The first kappa shape index (κ1) is 21.0. The number of amides is 1. The highest BCUT2D eigenvalue weighted by Gasteiger charge is 2.17. The number of hydrogen-bond acceptors (Lipinski definition) is 4. The van der Waals surface area contributed by atoms with Crippen molar-refractivity contribution in [1.82, 2.24) is 10.3 Å². The number of fused-ring (bicyclic) bond motifs is 1. The van der Waals surface area contributed by atoms with Gasteiger partial charge in [-0.1, -0.05) is 42.5 Å². The number of carbonyl (C=O) groups excluding carboxylic acids is 1. The summed E-state index contributed by atoms with van der Waals surface area (Å²) in [4.78, 5) is 16.5. The lowest BCUT2D eigenvalue weighted by Gasteiger charge is -2.09. The van der Waals surface area contributed by atoms with E-state index in [0.29, 0.717) is 16.3 Å². The first-order valence-corrected chi connectivity index (χ1v) is 10.4. The lowest BCUT2D eigenvalue weighted by atomic mass is 10.1. The minimum atomic E-state index is -0.599. The number of rotatable bonds is 5. The number of thioether (sulfide) groups is 1. The number of nitrogens with one attached hydrogen (secondary N) is 1. The lowest BCUT2D eigenvalue weighted by Crippen LogP contribution is -2.23. The Bertz CT molecular complexity index is 1110. The fourth-order valence-electron chi connectivity index (χ4n) is 2.66. The SMILES string of the molecule is CCSCC#Cc1cc(F)c2ncc(C(=O)NCc3ccc(Cl)cc3)c(O)c2c1. The molecule has 0 bridgehead atoms. The van der Waals surface area contributed by atoms with Crippen LogP contribution in [-0.2, 0) is 6.54 Å². The summed E-state index contributed by atoms with van der Waals surface area (Å²) in [6, 6.07) is 9.85. The molecule has 7 heteroatoms. The standard InChI is InChI=1S/C22H18ClFN2O2S/c1-2-29-9-3-4-15-10-17-20(19(24)11-15)25-13-18(21(17)27)22(28)26-12-14-5-7-16(23)8-6-14/h5-8,10-11,13H,2,9,12H2,1H3,(H,25,27)(H,26,28). The fraction of sp³-hybridized carbons (Fsp3) is 0.182. The highest BCUT2D eigenvalue weighted by Crippen LogP contribution is 2.29. The number of halogens is 2. The zero-order valence-electron chi connectivity index (χ0n) is 15.6. The van der Waals surface area contributed by atoms with E-state index in [1.54, 1.807) is 42.1 Å². The molecule has 1 aromatic heterocycles. The summed E-state index contributed by atoms with van der Waals surface area (Å²) in [6.07, 6.45) is 1.17. The molecule has 29 heavy (non-hydrogen) atoms. The van der Waals surface area contributed by atoms with Crippen LogP contribution in [0.25, 0.3) is 10.9 Å². The van der Waals surface area contributed by atoms with Crippen molar-refractivity contribution >= 4 is 40.2 Å². The first-order valence-electron chi connectivity index (χ1n) is 8.90. The minimum Gasteiger partial charge on any atom is -0.506 e. The Kier molecular flexibility index (Phi) is 6.97. The average molecular weight is 429 g/mol. The van der Waals surface area contributed by atoms with Gasteiger partial charge in [0.05, 0.1) is 5.75 Å². The second-order valence-corrected chi connectivity index (χ2v) is 7.83. The van der Waals surface area contributed by atoms with Gasteiger partial charge in [-0.15, -0.1) is 11.8 Å². The van der Waals surface area contributed by atoms with Gasteiger partial charge in [-0.2, -0.15) is 0 Å². The smallest absolute Gasteiger partial charge is 0.256 e. The van der Waals surface area contributed by atoms with Crippen molar-refractivity contribution in [3.05, 3.63) is 70.1 Å². The summed E-state index contributed by atoms with van der Waals surface area (Å²) in [5.41, 5.74) is 1.23. The topological polar surface area (TPSA) is 62.2 Å². The molecule has 0 aliphatic carbocycles. The van der Waals surface area contributed by atoms with Gasteiger partial charge in [0, 0.05) is 28.7 Å². The van der Waals surface area contributed by atoms with Crippen LogP contribution < -0.4 is 5.32 Å². The van der Waals surface area contributed by atoms with Crippen LogP contribution in [0.3, 0.4) is 0 Å². The van der Waals surface area contributed by atoms with Gasteiger partial charge in [-0.3, -0.25) is 9.78 Å². The first-order chi connectivity index (χ1) is 14.0. The average Bonchev–Trinajstić information content (AvgIpc) is 2.71. The monoisotopic (exact) mass is 428 g/mol. The molecule has 0 atom stereocenters. The van der Waals surface area contributed by atoms with E-state index >= 15 is 0 Å². The van der Waals surface area contributed by atoms with Crippen LogP contribution in [0, 0.1) is 17.7 Å². The van der Waals surface area contributed by atoms with Gasteiger partial charge in [0.25, 0.3) is 5.91 Å². The summed E-state index contributed by atoms with van der Waals surface area (Å²) in [6.45, 7) is 2.29. The zero-order valence-corrected chi connectivity index (χ0v) is 17.2. The Morgan fingerprint density at radius 3 is 2.79 bits per heavy atom. The summed E-state index contributed by atoms with van der Waals surface area (Å²) in [5, 5.41) is 14.0. The molecule has 2 aromatic carbocycles. The summed E-state index contributed by atoms with van der Waals surface area (Å²) >= 11 is 7.51. The predicted molar refractivity (Wildman–Crippen MR) is 116 cm³/mol. The maximum Gasteiger partial charge on any atom is 0.256 e. The molecule has 0 saturated carbocycles. The number of aromatic nitrogens is 1. The molecule has 0 aliphatic heterocycles. The Hall–Kier alpha value is -2.75. The van der Waals surface area contributed by atoms with E-state index in [9.17, 15) is 14.3 Å². The number of pyridine rings is 1. The molecular formula is C22H18ClFN2O2S. The van der Waals surface area contributed by atoms with Crippen LogP contribution in [0.2, 0.25) is 5.02 Å². The van der Waals surface area contributed by atoms with Crippen molar-refractivity contribution in [2.45, 2.75) is 13.5 Å². The second kappa shape index (κ2) is 9.64. The molecule has 0 saturated heterocycles. The number of nitrogens with zero attached hydrogens (tertiary/aromatic N) is 1. The third-order valence-electron chi connectivity index (χ3n) is 4.12. The number of benzene rings is 2. The van der Waals surface area contributed by atoms with Crippen molar-refractivity contribution in [1.29, 1.82) is 0 Å². The van der Waals surface area contributed by atoms with E-state index in [2.05, 4.69) is 22.1 Å². The third kappa shape index (κ3) is 5.20. The Labute approximate surface area is 177 Å². The number of hydrogen-bond donors (Lipinski definition) is 2. The van der Waals surface area contributed by atoms with Gasteiger partial charge in [-0.25, -0.2) is 4.39 Å². The summed E-state index contributed by atoms with van der Waals surface area (Å²) in [7, 11) is 0. The van der Waals surface area contributed by atoms with Crippen molar-refractivity contribution in [2.75, 3.05) is 11.5 Å². The van der Waals surface area contributed by atoms with E-state index in [-0.39, 0.29) is 28.8 Å². The highest BCUT2D eigenvalue weighted by molar-refractivity contribution is 7.99. The maximum atomic E-state index is 14.4. The largest absolute Gasteiger partial charge is 0.506 e. The minimum absolute atomic E-state index is 0.00904. The van der Waals surface area contributed by atoms with Crippen molar-refractivity contribution < 1.29 is 14.3 Å². The number of aromatic hydroxyl groups is 1. The zero-order chi connectivity index (χ0) is 20.8. The molecule has 2 N–H and O–H groups in total. The second-order valence-electron chi connectivity index (χ2n) is 6.12. The number of carbonyl (C=O) groups is 1. The predicted octanol–water partition coefficient (Wildman–Crippen LogP) is 4.77. The fourth-order valence-corrected chi connectivity index (χ4v) is 3.16. The van der Waals surface area contributed by atoms with Crippen LogP contribution in [0.15, 0.2) is 42.6 Å². The van der Waals surface area contributed by atoms with Crippen LogP contribution in [0.5, 0.6) is 5.75 Å². The third-order valence-corrected chi connectivity index (χ3v) is 5.13. The molecule has 0 spiro atoms. The van der Waals surface area contributed by atoms with E-state index in [0.717, 1.165) is 11.3 Å². The molecule has 0 radical (unpaired) electrons. The van der Waals surface area contributed by atoms with Gasteiger partial charge in [0.1, 0.15) is 16.8 Å².